The molecule has 0 spiro atoms. The van der Waals surface area contributed by atoms with Crippen LogP contribution in [0.2, 0.25) is 0 Å². The Hall–Kier alpha value is -1.67. The summed E-state index contributed by atoms with van der Waals surface area (Å²) in [5.74, 6) is -2.30. The molecule has 2 rings (SSSR count). The van der Waals surface area contributed by atoms with Gasteiger partial charge in [-0.2, -0.15) is 12.7 Å². The maximum atomic E-state index is 13.6. The van der Waals surface area contributed by atoms with Crippen molar-refractivity contribution in [2.75, 3.05) is 17.8 Å². The van der Waals surface area contributed by atoms with Crippen LogP contribution >= 0.6 is 0 Å². The number of carbonyl (C=O) groups is 1. The van der Waals surface area contributed by atoms with E-state index in [1.54, 1.807) is 0 Å². The molecule has 0 radical (unpaired) electrons. The first kappa shape index (κ1) is 13.8. The third-order valence-corrected chi connectivity index (χ3v) is 4.39. The van der Waals surface area contributed by atoms with E-state index >= 15 is 0 Å². The van der Waals surface area contributed by atoms with Crippen molar-refractivity contribution in [3.8, 4) is 0 Å². The maximum absolute atomic E-state index is 13.6. The first-order valence-electron chi connectivity index (χ1n) is 5.71. The standard InChI is InChI=1S/C11H13FN2O4S/c12-9-5-3-4-8(11(15)16)10(9)13-19(17,18)14-6-1-2-7-14/h3-5,13H,1-2,6-7H2,(H,15,16). The molecule has 0 saturated carbocycles. The topological polar surface area (TPSA) is 86.7 Å². The summed E-state index contributed by atoms with van der Waals surface area (Å²) in [6.45, 7) is 0.707. The smallest absolute Gasteiger partial charge is 0.337 e. The summed E-state index contributed by atoms with van der Waals surface area (Å²) in [4.78, 5) is 11.0. The number of halogens is 1. The van der Waals surface area contributed by atoms with E-state index in [1.165, 1.54) is 10.4 Å². The van der Waals surface area contributed by atoms with E-state index in [1.807, 2.05) is 4.72 Å². The largest absolute Gasteiger partial charge is 0.478 e. The number of hydrogen-bond donors (Lipinski definition) is 2. The summed E-state index contributed by atoms with van der Waals surface area (Å²) in [5, 5.41) is 8.94. The average molecular weight is 288 g/mol. The van der Waals surface area contributed by atoms with Crippen LogP contribution in [0.25, 0.3) is 0 Å². The number of para-hydroxylation sites is 1. The number of anilines is 1. The molecular formula is C11H13FN2O4S. The number of nitrogens with one attached hydrogen (secondary N) is 1. The molecule has 19 heavy (non-hydrogen) atoms. The van der Waals surface area contributed by atoms with Gasteiger partial charge in [0.2, 0.25) is 0 Å². The minimum Gasteiger partial charge on any atom is -0.478 e. The minimum atomic E-state index is -3.91. The van der Waals surface area contributed by atoms with Crippen molar-refractivity contribution < 1.29 is 22.7 Å². The Bertz CT molecular complexity index is 597. The van der Waals surface area contributed by atoms with E-state index in [4.69, 9.17) is 5.11 Å². The molecule has 0 bridgehead atoms. The van der Waals surface area contributed by atoms with Crippen molar-refractivity contribution in [1.29, 1.82) is 0 Å². The molecule has 2 N–H and O–H groups in total. The Morgan fingerprint density at radius 1 is 1.32 bits per heavy atom. The molecule has 104 valence electrons. The number of carboxylic acid groups (broad SMARTS) is 1. The molecule has 0 unspecified atom stereocenters. The van der Waals surface area contributed by atoms with Gasteiger partial charge in [0, 0.05) is 13.1 Å². The van der Waals surface area contributed by atoms with Crippen LogP contribution in [0.1, 0.15) is 23.2 Å². The fourth-order valence-corrected chi connectivity index (χ4v) is 3.26. The summed E-state index contributed by atoms with van der Waals surface area (Å²) >= 11 is 0. The molecule has 6 nitrogen and oxygen atoms in total. The Labute approximate surface area is 110 Å². The molecule has 1 aliphatic heterocycles. The first-order valence-corrected chi connectivity index (χ1v) is 7.15. The van der Waals surface area contributed by atoms with Gasteiger partial charge in [0.1, 0.15) is 5.82 Å². The van der Waals surface area contributed by atoms with Crippen LogP contribution in [-0.2, 0) is 10.2 Å². The van der Waals surface area contributed by atoms with Gasteiger partial charge in [-0.1, -0.05) is 6.07 Å². The second-order valence-electron chi connectivity index (χ2n) is 4.18. The lowest BCUT2D eigenvalue weighted by Gasteiger charge is -2.18. The van der Waals surface area contributed by atoms with E-state index in [9.17, 15) is 17.6 Å². The summed E-state index contributed by atoms with van der Waals surface area (Å²) in [5.41, 5.74) is -0.940. The molecule has 1 heterocycles. The number of aromatic carboxylic acids is 1. The molecule has 0 aliphatic carbocycles. The van der Waals surface area contributed by atoms with Crippen molar-refractivity contribution in [3.63, 3.8) is 0 Å². The molecule has 1 saturated heterocycles. The minimum absolute atomic E-state index is 0.353. The molecule has 1 aromatic carbocycles. The lowest BCUT2D eigenvalue weighted by molar-refractivity contribution is 0.0697. The van der Waals surface area contributed by atoms with Gasteiger partial charge in [-0.3, -0.25) is 4.72 Å². The summed E-state index contributed by atoms with van der Waals surface area (Å²) < 4.78 is 40.8. The van der Waals surface area contributed by atoms with Crippen molar-refractivity contribution in [3.05, 3.63) is 29.6 Å². The summed E-state index contributed by atoms with van der Waals surface area (Å²) in [6, 6.07) is 3.37. The summed E-state index contributed by atoms with van der Waals surface area (Å²) in [6.07, 6.45) is 1.48. The van der Waals surface area contributed by atoms with Gasteiger partial charge in [0.25, 0.3) is 0 Å². The monoisotopic (exact) mass is 288 g/mol. The van der Waals surface area contributed by atoms with Gasteiger partial charge in [0.05, 0.1) is 11.3 Å². The van der Waals surface area contributed by atoms with Gasteiger partial charge in [-0.05, 0) is 25.0 Å². The highest BCUT2D eigenvalue weighted by Crippen LogP contribution is 2.23. The number of carboxylic acids is 1. The van der Waals surface area contributed by atoms with E-state index in [2.05, 4.69) is 0 Å². The van der Waals surface area contributed by atoms with Gasteiger partial charge in [-0.15, -0.1) is 0 Å². The molecule has 0 amide bonds. The Kier molecular flexibility index (Phi) is 3.72. The van der Waals surface area contributed by atoms with E-state index in [0.717, 1.165) is 25.0 Å². The number of hydrogen-bond acceptors (Lipinski definition) is 3. The van der Waals surface area contributed by atoms with Gasteiger partial charge < -0.3 is 5.11 Å². The maximum Gasteiger partial charge on any atom is 0.337 e. The van der Waals surface area contributed by atoms with E-state index in [-0.39, 0.29) is 0 Å². The second-order valence-corrected chi connectivity index (χ2v) is 5.85. The molecular weight excluding hydrogens is 275 g/mol. The first-order chi connectivity index (χ1) is 8.92. The second kappa shape index (κ2) is 5.14. The highest BCUT2D eigenvalue weighted by molar-refractivity contribution is 7.90. The van der Waals surface area contributed by atoms with Crippen LogP contribution in [0.3, 0.4) is 0 Å². The van der Waals surface area contributed by atoms with Gasteiger partial charge in [-0.25, -0.2) is 9.18 Å². The molecule has 0 aromatic heterocycles. The number of rotatable bonds is 4. The van der Waals surface area contributed by atoms with Crippen LogP contribution in [0.4, 0.5) is 10.1 Å². The Morgan fingerprint density at radius 2 is 1.95 bits per heavy atom. The highest BCUT2D eigenvalue weighted by Gasteiger charge is 2.27. The van der Waals surface area contributed by atoms with Crippen LogP contribution in [-0.4, -0.2) is 36.9 Å². The third kappa shape index (κ3) is 2.85. The van der Waals surface area contributed by atoms with E-state index in [0.29, 0.717) is 13.1 Å². The molecule has 8 heteroatoms. The Morgan fingerprint density at radius 3 is 2.53 bits per heavy atom. The summed E-state index contributed by atoms with van der Waals surface area (Å²) in [7, 11) is -3.91. The zero-order chi connectivity index (χ0) is 14.0. The fraction of sp³-hybridized carbons (Fsp3) is 0.364. The zero-order valence-corrected chi connectivity index (χ0v) is 10.8. The lowest BCUT2D eigenvalue weighted by atomic mass is 10.2. The SMILES string of the molecule is O=C(O)c1cccc(F)c1NS(=O)(=O)N1CCCC1. The molecule has 0 atom stereocenters. The molecule has 1 fully saturated rings. The number of nitrogens with zero attached hydrogens (tertiary/aromatic N) is 1. The molecule has 1 aromatic rings. The van der Waals surface area contributed by atoms with Crippen molar-refractivity contribution in [2.45, 2.75) is 12.8 Å². The number of benzene rings is 1. The quantitative estimate of drug-likeness (QED) is 0.873. The van der Waals surface area contributed by atoms with Crippen molar-refractivity contribution >= 4 is 21.9 Å². The normalized spacial score (nSPS) is 16.5. The lowest BCUT2D eigenvalue weighted by Crippen LogP contribution is -2.34. The van der Waals surface area contributed by atoms with Crippen LogP contribution in [0.15, 0.2) is 18.2 Å². The van der Waals surface area contributed by atoms with Crippen molar-refractivity contribution in [2.24, 2.45) is 0 Å². The highest BCUT2D eigenvalue weighted by atomic mass is 32.2. The molecule has 1 aliphatic rings. The average Bonchev–Trinajstić information content (AvgIpc) is 2.85. The Balaban J connectivity index is 2.35. The zero-order valence-electron chi connectivity index (χ0n) is 9.97. The fourth-order valence-electron chi connectivity index (χ4n) is 1.93. The van der Waals surface area contributed by atoms with Crippen LogP contribution in [0, 0.1) is 5.82 Å². The van der Waals surface area contributed by atoms with Crippen LogP contribution < -0.4 is 4.72 Å². The van der Waals surface area contributed by atoms with Gasteiger partial charge in [0.15, 0.2) is 0 Å². The van der Waals surface area contributed by atoms with Crippen molar-refractivity contribution in [1.82, 2.24) is 4.31 Å². The third-order valence-electron chi connectivity index (χ3n) is 2.88. The van der Waals surface area contributed by atoms with E-state index < -0.39 is 33.2 Å². The predicted octanol–water partition coefficient (Wildman–Crippen LogP) is 1.28. The van der Waals surface area contributed by atoms with Crippen LogP contribution in [0.5, 0.6) is 0 Å². The predicted molar refractivity (Wildman–Crippen MR) is 66.7 cm³/mol. The van der Waals surface area contributed by atoms with Gasteiger partial charge >= 0.3 is 16.2 Å².